The van der Waals surface area contributed by atoms with Crippen molar-refractivity contribution in [3.63, 3.8) is 0 Å². The van der Waals surface area contributed by atoms with E-state index in [4.69, 9.17) is 5.73 Å². The minimum atomic E-state index is -0.310. The number of hydrogen-bond donors (Lipinski definition) is 2. The molecule has 1 atom stereocenters. The fourth-order valence-electron chi connectivity index (χ4n) is 2.96. The van der Waals surface area contributed by atoms with Crippen molar-refractivity contribution in [3.05, 3.63) is 17.6 Å². The number of piperazine rings is 1. The lowest BCUT2D eigenvalue weighted by atomic mass is 9.95. The minimum Gasteiger partial charge on any atom is -0.368 e. The van der Waals surface area contributed by atoms with Crippen LogP contribution in [0, 0.1) is 0 Å². The molecule has 0 radical (unpaired) electrons. The van der Waals surface area contributed by atoms with Gasteiger partial charge in [-0.2, -0.15) is 0 Å². The van der Waals surface area contributed by atoms with E-state index in [-0.39, 0.29) is 11.9 Å². The number of aromatic nitrogens is 2. The highest BCUT2D eigenvalue weighted by molar-refractivity contribution is 5.84. The molecule has 3 rings (SSSR count). The van der Waals surface area contributed by atoms with E-state index in [9.17, 15) is 4.79 Å². The maximum absolute atomic E-state index is 11.6. The molecule has 0 bridgehead atoms. The number of nitrogens with two attached hydrogens (primary N) is 1. The largest absolute Gasteiger partial charge is 0.368 e. The summed E-state index contributed by atoms with van der Waals surface area (Å²) in [5.74, 6) is 0.616. The molecule has 3 N–H and O–H groups in total. The quantitative estimate of drug-likeness (QED) is 0.758. The van der Waals surface area contributed by atoms with Crippen LogP contribution in [0.25, 0.3) is 0 Å². The molecule has 1 aliphatic heterocycles. The monoisotopic (exact) mass is 261 g/mol. The van der Waals surface area contributed by atoms with Crippen molar-refractivity contribution < 1.29 is 4.79 Å². The van der Waals surface area contributed by atoms with Crippen LogP contribution in [-0.4, -0.2) is 41.6 Å². The van der Waals surface area contributed by atoms with Crippen molar-refractivity contribution in [2.45, 2.75) is 31.7 Å². The number of carbonyl (C=O) groups is 1. The second kappa shape index (κ2) is 5.13. The molecule has 2 aliphatic rings. The molecule has 1 aromatic heterocycles. The topological polar surface area (TPSA) is 84.1 Å². The normalized spacial score (nSPS) is 22.9. The SMILES string of the molecule is NC(=O)C1CNCCN1c1ncnc2c1CCCC2. The second-order valence-corrected chi connectivity index (χ2v) is 5.15. The number of aryl methyl sites for hydroxylation is 1. The second-order valence-electron chi connectivity index (χ2n) is 5.15. The van der Waals surface area contributed by atoms with Crippen LogP contribution in [0.1, 0.15) is 24.1 Å². The van der Waals surface area contributed by atoms with E-state index in [1.165, 1.54) is 18.4 Å². The van der Waals surface area contributed by atoms with Crippen LogP contribution in [0.2, 0.25) is 0 Å². The number of rotatable bonds is 2. The summed E-state index contributed by atoms with van der Waals surface area (Å²) >= 11 is 0. The van der Waals surface area contributed by atoms with Crippen molar-refractivity contribution in [2.75, 3.05) is 24.5 Å². The maximum Gasteiger partial charge on any atom is 0.241 e. The number of amides is 1. The van der Waals surface area contributed by atoms with Gasteiger partial charge in [0.15, 0.2) is 0 Å². The van der Waals surface area contributed by atoms with Crippen LogP contribution in [-0.2, 0) is 17.6 Å². The molecule has 1 fully saturated rings. The summed E-state index contributed by atoms with van der Waals surface area (Å²) in [6, 6.07) is -0.310. The Bertz CT molecular complexity index is 490. The van der Waals surface area contributed by atoms with E-state index < -0.39 is 0 Å². The molecule has 2 heterocycles. The van der Waals surface area contributed by atoms with Crippen molar-refractivity contribution in [2.24, 2.45) is 5.73 Å². The number of hydrogen-bond acceptors (Lipinski definition) is 5. The van der Waals surface area contributed by atoms with Crippen LogP contribution < -0.4 is 16.0 Å². The van der Waals surface area contributed by atoms with Gasteiger partial charge in [0, 0.05) is 30.9 Å². The number of anilines is 1. The Kier molecular flexibility index (Phi) is 3.33. The summed E-state index contributed by atoms with van der Waals surface area (Å²) in [6.45, 7) is 2.20. The summed E-state index contributed by atoms with van der Waals surface area (Å²) in [4.78, 5) is 22.5. The van der Waals surface area contributed by atoms with Gasteiger partial charge in [-0.25, -0.2) is 9.97 Å². The van der Waals surface area contributed by atoms with E-state index >= 15 is 0 Å². The summed E-state index contributed by atoms with van der Waals surface area (Å²) in [5.41, 5.74) is 7.85. The molecule has 1 saturated heterocycles. The molecular weight excluding hydrogens is 242 g/mol. The molecule has 1 amide bonds. The van der Waals surface area contributed by atoms with Gasteiger partial charge in [0.2, 0.25) is 5.91 Å². The molecule has 0 spiro atoms. The van der Waals surface area contributed by atoms with Gasteiger partial charge in [-0.15, -0.1) is 0 Å². The fourth-order valence-corrected chi connectivity index (χ4v) is 2.96. The van der Waals surface area contributed by atoms with Crippen LogP contribution >= 0.6 is 0 Å². The Morgan fingerprint density at radius 2 is 2.21 bits per heavy atom. The van der Waals surface area contributed by atoms with Gasteiger partial charge in [-0.1, -0.05) is 0 Å². The number of fused-ring (bicyclic) bond motifs is 1. The van der Waals surface area contributed by atoms with Crippen molar-refractivity contribution in [3.8, 4) is 0 Å². The zero-order chi connectivity index (χ0) is 13.2. The molecule has 0 saturated carbocycles. The molecule has 19 heavy (non-hydrogen) atoms. The lowest BCUT2D eigenvalue weighted by molar-refractivity contribution is -0.119. The van der Waals surface area contributed by atoms with E-state index in [2.05, 4.69) is 15.3 Å². The summed E-state index contributed by atoms with van der Waals surface area (Å²) in [7, 11) is 0. The van der Waals surface area contributed by atoms with E-state index in [1.807, 2.05) is 4.90 Å². The molecule has 1 unspecified atom stereocenters. The molecule has 102 valence electrons. The first-order valence-electron chi connectivity index (χ1n) is 6.87. The van der Waals surface area contributed by atoms with Gasteiger partial charge >= 0.3 is 0 Å². The zero-order valence-corrected chi connectivity index (χ0v) is 10.9. The molecular formula is C13H19N5O. The van der Waals surface area contributed by atoms with E-state index in [1.54, 1.807) is 6.33 Å². The van der Waals surface area contributed by atoms with Gasteiger partial charge in [-0.3, -0.25) is 4.79 Å². The Morgan fingerprint density at radius 3 is 3.05 bits per heavy atom. The van der Waals surface area contributed by atoms with Crippen molar-refractivity contribution in [1.29, 1.82) is 0 Å². The van der Waals surface area contributed by atoms with Crippen molar-refractivity contribution >= 4 is 11.7 Å². The van der Waals surface area contributed by atoms with Gasteiger partial charge in [0.05, 0.1) is 0 Å². The highest BCUT2D eigenvalue weighted by Gasteiger charge is 2.30. The summed E-state index contributed by atoms with van der Waals surface area (Å²) < 4.78 is 0. The number of nitrogens with one attached hydrogen (secondary N) is 1. The first-order valence-corrected chi connectivity index (χ1v) is 6.87. The highest BCUT2D eigenvalue weighted by atomic mass is 16.1. The van der Waals surface area contributed by atoms with E-state index in [0.29, 0.717) is 6.54 Å². The molecule has 1 aromatic rings. The lowest BCUT2D eigenvalue weighted by Crippen LogP contribution is -2.57. The first-order chi connectivity index (χ1) is 9.27. The van der Waals surface area contributed by atoms with Gasteiger partial charge in [0.25, 0.3) is 0 Å². The zero-order valence-electron chi connectivity index (χ0n) is 10.9. The van der Waals surface area contributed by atoms with Crippen LogP contribution in [0.15, 0.2) is 6.33 Å². The van der Waals surface area contributed by atoms with Crippen LogP contribution in [0.5, 0.6) is 0 Å². The van der Waals surface area contributed by atoms with Gasteiger partial charge < -0.3 is 16.0 Å². The van der Waals surface area contributed by atoms with Gasteiger partial charge in [-0.05, 0) is 25.7 Å². The fraction of sp³-hybridized carbons (Fsp3) is 0.615. The smallest absolute Gasteiger partial charge is 0.241 e. The average molecular weight is 261 g/mol. The third-order valence-electron chi connectivity index (χ3n) is 3.95. The minimum absolute atomic E-state index is 0.296. The van der Waals surface area contributed by atoms with Crippen LogP contribution in [0.3, 0.4) is 0 Å². The van der Waals surface area contributed by atoms with Gasteiger partial charge in [0.1, 0.15) is 18.2 Å². The highest BCUT2D eigenvalue weighted by Crippen LogP contribution is 2.28. The molecule has 6 nitrogen and oxygen atoms in total. The number of primary amides is 1. The predicted octanol–water partition coefficient (Wildman–Crippen LogP) is -0.381. The van der Waals surface area contributed by atoms with Crippen molar-refractivity contribution in [1.82, 2.24) is 15.3 Å². The molecule has 1 aliphatic carbocycles. The standard InChI is InChI=1S/C13H19N5O/c14-12(19)11-7-15-5-6-18(11)13-9-3-1-2-4-10(9)16-8-17-13/h8,11,15H,1-7H2,(H2,14,19). The van der Waals surface area contributed by atoms with E-state index in [0.717, 1.165) is 37.4 Å². The average Bonchev–Trinajstić information content (AvgIpc) is 2.46. The lowest BCUT2D eigenvalue weighted by Gasteiger charge is -2.36. The Balaban J connectivity index is 1.98. The third kappa shape index (κ3) is 2.28. The Labute approximate surface area is 112 Å². The Hall–Kier alpha value is -1.69. The maximum atomic E-state index is 11.6. The summed E-state index contributed by atoms with van der Waals surface area (Å²) in [5, 5.41) is 3.21. The molecule has 6 heteroatoms. The number of carbonyl (C=O) groups excluding carboxylic acids is 1. The first kappa shape index (κ1) is 12.3. The number of nitrogens with zero attached hydrogens (tertiary/aromatic N) is 3. The Morgan fingerprint density at radius 1 is 1.37 bits per heavy atom. The molecule has 0 aromatic carbocycles. The summed E-state index contributed by atoms with van der Waals surface area (Å²) in [6.07, 6.45) is 5.98. The van der Waals surface area contributed by atoms with Crippen LogP contribution in [0.4, 0.5) is 5.82 Å². The third-order valence-corrected chi connectivity index (χ3v) is 3.95. The predicted molar refractivity (Wildman–Crippen MR) is 71.9 cm³/mol.